The average molecular weight is 398 g/mol. The average Bonchev–Trinajstić information content (AvgIpc) is 3.37. The molecule has 1 aliphatic heterocycles. The van der Waals surface area contributed by atoms with Crippen molar-refractivity contribution in [2.45, 2.75) is 64.5 Å². The van der Waals surface area contributed by atoms with E-state index in [1.54, 1.807) is 0 Å². The van der Waals surface area contributed by atoms with E-state index in [4.69, 9.17) is 4.98 Å². The van der Waals surface area contributed by atoms with Crippen molar-refractivity contribution in [3.63, 3.8) is 0 Å². The Morgan fingerprint density at radius 2 is 1.90 bits per heavy atom. The molecule has 2 aromatic rings. The summed E-state index contributed by atoms with van der Waals surface area (Å²) in [6.07, 6.45) is 7.16. The Kier molecular flexibility index (Phi) is 6.09. The minimum absolute atomic E-state index is 0.139. The third-order valence-electron chi connectivity index (χ3n) is 6.86. The second kappa shape index (κ2) is 8.74. The molecule has 1 amide bonds. The molecule has 6 nitrogen and oxygen atoms in total. The van der Waals surface area contributed by atoms with Crippen molar-refractivity contribution in [1.82, 2.24) is 19.4 Å². The summed E-state index contributed by atoms with van der Waals surface area (Å²) in [6.45, 7) is 8.32. The van der Waals surface area contributed by atoms with Crippen LogP contribution in [0.1, 0.15) is 62.7 Å². The first-order valence-corrected chi connectivity index (χ1v) is 11.4. The summed E-state index contributed by atoms with van der Waals surface area (Å²) in [5.41, 5.74) is 2.72. The van der Waals surface area contributed by atoms with Crippen molar-refractivity contribution in [2.75, 3.05) is 31.5 Å². The Bertz CT molecular complexity index is 846. The van der Waals surface area contributed by atoms with Crippen molar-refractivity contribution in [3.8, 4) is 0 Å². The quantitative estimate of drug-likeness (QED) is 0.804. The molecule has 0 spiro atoms. The van der Waals surface area contributed by atoms with Crippen LogP contribution in [0.25, 0.3) is 11.0 Å². The maximum atomic E-state index is 13.3. The molecule has 0 unspecified atom stereocenters. The van der Waals surface area contributed by atoms with Crippen LogP contribution < -0.4 is 5.32 Å². The Hall–Kier alpha value is -2.08. The number of hydrogen-bond donors (Lipinski definition) is 1. The Morgan fingerprint density at radius 3 is 2.55 bits per heavy atom. The summed E-state index contributed by atoms with van der Waals surface area (Å²) >= 11 is 0. The second-order valence-corrected chi connectivity index (χ2v) is 8.58. The first kappa shape index (κ1) is 20.2. The SMILES string of the molecule is CCN1CCC(N(CC)C(=O)c2ccc3c(c2)nc(NC2CCCC2)n3C)CC1. The molecule has 1 aromatic heterocycles. The number of hydrogen-bond acceptors (Lipinski definition) is 4. The minimum Gasteiger partial charge on any atom is -0.353 e. The Morgan fingerprint density at radius 1 is 1.17 bits per heavy atom. The third-order valence-corrected chi connectivity index (χ3v) is 6.86. The molecule has 1 N–H and O–H groups in total. The van der Waals surface area contributed by atoms with Crippen LogP contribution in [-0.4, -0.2) is 63.5 Å². The van der Waals surface area contributed by atoms with Gasteiger partial charge in [0, 0.05) is 44.3 Å². The van der Waals surface area contributed by atoms with Gasteiger partial charge in [-0.05, 0) is 57.4 Å². The molecule has 1 aromatic carbocycles. The van der Waals surface area contributed by atoms with Crippen LogP contribution in [0.15, 0.2) is 18.2 Å². The van der Waals surface area contributed by atoms with Crippen LogP contribution in [0.3, 0.4) is 0 Å². The number of anilines is 1. The van der Waals surface area contributed by atoms with E-state index in [1.165, 1.54) is 25.7 Å². The van der Waals surface area contributed by atoms with Crippen molar-refractivity contribution in [2.24, 2.45) is 7.05 Å². The minimum atomic E-state index is 0.139. The second-order valence-electron chi connectivity index (χ2n) is 8.58. The number of benzene rings is 1. The maximum Gasteiger partial charge on any atom is 0.254 e. The normalized spacial score (nSPS) is 19.1. The van der Waals surface area contributed by atoms with Crippen LogP contribution in [-0.2, 0) is 7.05 Å². The highest BCUT2D eigenvalue weighted by Crippen LogP contribution is 2.26. The van der Waals surface area contributed by atoms with E-state index in [1.807, 2.05) is 25.2 Å². The fourth-order valence-corrected chi connectivity index (χ4v) is 5.00. The Labute approximate surface area is 174 Å². The van der Waals surface area contributed by atoms with Crippen LogP contribution in [0.5, 0.6) is 0 Å². The van der Waals surface area contributed by atoms with Crippen LogP contribution in [0.2, 0.25) is 0 Å². The molecule has 158 valence electrons. The number of carbonyl (C=O) groups is 1. The van der Waals surface area contributed by atoms with Gasteiger partial charge in [0.05, 0.1) is 11.0 Å². The molecule has 1 saturated carbocycles. The van der Waals surface area contributed by atoms with Crippen LogP contribution >= 0.6 is 0 Å². The van der Waals surface area contributed by atoms with E-state index < -0.39 is 0 Å². The standard InChI is InChI=1S/C23H35N5O/c1-4-27-14-12-19(13-15-27)28(5-2)22(29)17-10-11-21-20(16-17)25-23(26(21)3)24-18-8-6-7-9-18/h10-11,16,18-19H,4-9,12-15H2,1-3H3,(H,24,25). The molecule has 2 aliphatic rings. The highest BCUT2D eigenvalue weighted by Gasteiger charge is 2.27. The van der Waals surface area contributed by atoms with E-state index in [2.05, 4.69) is 33.5 Å². The van der Waals surface area contributed by atoms with E-state index in [0.29, 0.717) is 12.1 Å². The number of rotatable bonds is 6. The summed E-state index contributed by atoms with van der Waals surface area (Å²) in [6, 6.07) is 6.85. The lowest BCUT2D eigenvalue weighted by Gasteiger charge is -2.37. The van der Waals surface area contributed by atoms with E-state index in [-0.39, 0.29) is 5.91 Å². The molecule has 0 bridgehead atoms. The lowest BCUT2D eigenvalue weighted by Crippen LogP contribution is -2.47. The molecule has 2 heterocycles. The van der Waals surface area contributed by atoms with Gasteiger partial charge in [-0.25, -0.2) is 4.98 Å². The van der Waals surface area contributed by atoms with Crippen LogP contribution in [0.4, 0.5) is 5.95 Å². The number of aryl methyl sites for hydroxylation is 1. The van der Waals surface area contributed by atoms with Crippen molar-refractivity contribution >= 4 is 22.9 Å². The monoisotopic (exact) mass is 397 g/mol. The van der Waals surface area contributed by atoms with Gasteiger partial charge >= 0.3 is 0 Å². The van der Waals surface area contributed by atoms with E-state index >= 15 is 0 Å². The van der Waals surface area contributed by atoms with Crippen molar-refractivity contribution in [3.05, 3.63) is 23.8 Å². The zero-order chi connectivity index (χ0) is 20.4. The molecule has 1 saturated heterocycles. The predicted molar refractivity (Wildman–Crippen MR) is 118 cm³/mol. The molecule has 0 radical (unpaired) electrons. The fraction of sp³-hybridized carbons (Fsp3) is 0.652. The summed E-state index contributed by atoms with van der Waals surface area (Å²) < 4.78 is 2.11. The molecular weight excluding hydrogens is 362 g/mol. The highest BCUT2D eigenvalue weighted by molar-refractivity contribution is 5.98. The zero-order valence-corrected chi connectivity index (χ0v) is 18.2. The Balaban J connectivity index is 1.52. The maximum absolute atomic E-state index is 13.3. The zero-order valence-electron chi connectivity index (χ0n) is 18.2. The summed E-state index contributed by atoms with van der Waals surface area (Å²) in [5.74, 6) is 1.05. The van der Waals surface area contributed by atoms with Crippen molar-refractivity contribution in [1.29, 1.82) is 0 Å². The first-order chi connectivity index (χ1) is 14.1. The molecule has 0 atom stereocenters. The van der Waals surface area contributed by atoms with Gasteiger partial charge in [-0.15, -0.1) is 0 Å². The number of nitrogens with one attached hydrogen (secondary N) is 1. The van der Waals surface area contributed by atoms with Gasteiger partial charge < -0.3 is 19.7 Å². The lowest BCUT2D eigenvalue weighted by atomic mass is 10.0. The number of piperidine rings is 1. The largest absolute Gasteiger partial charge is 0.353 e. The number of fused-ring (bicyclic) bond motifs is 1. The van der Waals surface area contributed by atoms with Gasteiger partial charge in [-0.3, -0.25) is 4.79 Å². The van der Waals surface area contributed by atoms with E-state index in [0.717, 1.165) is 61.6 Å². The summed E-state index contributed by atoms with van der Waals surface area (Å²) in [7, 11) is 2.05. The molecule has 1 aliphatic carbocycles. The lowest BCUT2D eigenvalue weighted by molar-refractivity contribution is 0.0592. The number of imidazole rings is 1. The molecular formula is C23H35N5O. The summed E-state index contributed by atoms with van der Waals surface area (Å²) in [4.78, 5) is 22.6. The van der Waals surface area contributed by atoms with Crippen LogP contribution in [0, 0.1) is 0 Å². The fourth-order valence-electron chi connectivity index (χ4n) is 5.00. The van der Waals surface area contributed by atoms with Crippen molar-refractivity contribution < 1.29 is 4.79 Å². The summed E-state index contributed by atoms with van der Waals surface area (Å²) in [5, 5.41) is 3.59. The van der Waals surface area contributed by atoms with Gasteiger partial charge in [0.15, 0.2) is 0 Å². The molecule has 2 fully saturated rings. The number of carbonyl (C=O) groups excluding carboxylic acids is 1. The number of nitrogens with zero attached hydrogens (tertiary/aromatic N) is 4. The third kappa shape index (κ3) is 4.13. The molecule has 6 heteroatoms. The smallest absolute Gasteiger partial charge is 0.254 e. The molecule has 29 heavy (non-hydrogen) atoms. The first-order valence-electron chi connectivity index (χ1n) is 11.4. The van der Waals surface area contributed by atoms with E-state index in [9.17, 15) is 4.79 Å². The van der Waals surface area contributed by atoms with Gasteiger partial charge in [0.2, 0.25) is 5.95 Å². The molecule has 4 rings (SSSR count). The highest BCUT2D eigenvalue weighted by atomic mass is 16.2. The topological polar surface area (TPSA) is 53.4 Å². The number of likely N-dealkylation sites (tertiary alicyclic amines) is 1. The van der Waals surface area contributed by atoms with Gasteiger partial charge in [0.25, 0.3) is 5.91 Å². The van der Waals surface area contributed by atoms with Gasteiger partial charge in [-0.2, -0.15) is 0 Å². The number of amides is 1. The predicted octanol–water partition coefficient (Wildman–Crippen LogP) is 3.87. The van der Waals surface area contributed by atoms with Gasteiger partial charge in [0.1, 0.15) is 0 Å². The van der Waals surface area contributed by atoms with Gasteiger partial charge in [-0.1, -0.05) is 19.8 Å². The number of aromatic nitrogens is 2.